The van der Waals surface area contributed by atoms with Gasteiger partial charge in [0.2, 0.25) is 0 Å². The number of rotatable bonds is 7. The molecular formula is C15H29NO3. The molecule has 1 saturated carbocycles. The standard InChI is InChI=1S/C15H29NO3/c1-6-19-13(17)15(4,11-14(2,3)18-5)16-12-9-7-8-10-12/h12,16H,6-11H2,1-5H3. The van der Waals surface area contributed by atoms with Gasteiger partial charge < -0.3 is 9.47 Å². The second-order valence-corrected chi connectivity index (χ2v) is 6.32. The maximum absolute atomic E-state index is 12.3. The van der Waals surface area contributed by atoms with Crippen molar-refractivity contribution in [3.05, 3.63) is 0 Å². The summed E-state index contributed by atoms with van der Waals surface area (Å²) in [7, 11) is 1.68. The highest BCUT2D eigenvalue weighted by Crippen LogP contribution is 2.28. The number of hydrogen-bond acceptors (Lipinski definition) is 4. The molecule has 1 aliphatic carbocycles. The minimum Gasteiger partial charge on any atom is -0.465 e. The Balaban J connectivity index is 2.78. The summed E-state index contributed by atoms with van der Waals surface area (Å²) in [6.45, 7) is 8.19. The van der Waals surface area contributed by atoms with Crippen LogP contribution in [0.5, 0.6) is 0 Å². The molecule has 4 nitrogen and oxygen atoms in total. The Morgan fingerprint density at radius 1 is 1.26 bits per heavy atom. The molecule has 1 fully saturated rings. The third-order valence-corrected chi connectivity index (χ3v) is 3.94. The highest BCUT2D eigenvalue weighted by Gasteiger charge is 2.41. The molecule has 4 heteroatoms. The van der Waals surface area contributed by atoms with Gasteiger partial charge in [-0.05, 0) is 40.5 Å². The van der Waals surface area contributed by atoms with Gasteiger partial charge >= 0.3 is 5.97 Å². The smallest absolute Gasteiger partial charge is 0.326 e. The molecule has 19 heavy (non-hydrogen) atoms. The molecule has 1 atom stereocenters. The number of ether oxygens (including phenoxy) is 2. The van der Waals surface area contributed by atoms with Gasteiger partial charge in [-0.25, -0.2) is 0 Å². The van der Waals surface area contributed by atoms with E-state index in [1.807, 2.05) is 27.7 Å². The molecule has 0 amide bonds. The fraction of sp³-hybridized carbons (Fsp3) is 0.933. The number of methoxy groups -OCH3 is 1. The average Bonchev–Trinajstić information content (AvgIpc) is 2.81. The third-order valence-electron chi connectivity index (χ3n) is 3.94. The Labute approximate surface area is 117 Å². The molecule has 0 aromatic carbocycles. The third kappa shape index (κ3) is 4.77. The number of esters is 1. The van der Waals surface area contributed by atoms with Crippen molar-refractivity contribution in [2.45, 2.75) is 77.0 Å². The van der Waals surface area contributed by atoms with Gasteiger partial charge in [-0.3, -0.25) is 10.1 Å². The fourth-order valence-electron chi connectivity index (χ4n) is 2.92. The van der Waals surface area contributed by atoms with Gasteiger partial charge in [0.25, 0.3) is 0 Å². The van der Waals surface area contributed by atoms with Gasteiger partial charge in [0, 0.05) is 19.6 Å². The van der Waals surface area contributed by atoms with E-state index in [1.54, 1.807) is 7.11 Å². The molecule has 0 heterocycles. The van der Waals surface area contributed by atoms with Crippen LogP contribution in [0, 0.1) is 0 Å². The molecule has 1 aliphatic rings. The van der Waals surface area contributed by atoms with Crippen LogP contribution in [0.15, 0.2) is 0 Å². The van der Waals surface area contributed by atoms with E-state index in [9.17, 15) is 4.79 Å². The number of hydrogen-bond donors (Lipinski definition) is 1. The lowest BCUT2D eigenvalue weighted by Crippen LogP contribution is -2.57. The Morgan fingerprint density at radius 2 is 1.84 bits per heavy atom. The normalized spacial score (nSPS) is 20.3. The summed E-state index contributed by atoms with van der Waals surface area (Å²) in [5, 5.41) is 3.51. The maximum atomic E-state index is 12.3. The lowest BCUT2D eigenvalue weighted by molar-refractivity contribution is -0.154. The van der Waals surface area contributed by atoms with Crippen LogP contribution < -0.4 is 5.32 Å². The number of nitrogens with one attached hydrogen (secondary N) is 1. The van der Waals surface area contributed by atoms with E-state index in [2.05, 4.69) is 5.32 Å². The summed E-state index contributed by atoms with van der Waals surface area (Å²) in [6, 6.07) is 0.419. The largest absolute Gasteiger partial charge is 0.465 e. The lowest BCUT2D eigenvalue weighted by atomic mass is 9.86. The zero-order valence-corrected chi connectivity index (χ0v) is 13.0. The van der Waals surface area contributed by atoms with Crippen molar-refractivity contribution in [3.63, 3.8) is 0 Å². The summed E-state index contributed by atoms with van der Waals surface area (Å²) in [5.41, 5.74) is -1.03. The second-order valence-electron chi connectivity index (χ2n) is 6.32. The highest BCUT2D eigenvalue weighted by atomic mass is 16.5. The minimum atomic E-state index is -0.676. The fourth-order valence-corrected chi connectivity index (χ4v) is 2.92. The molecule has 1 rings (SSSR count). The van der Waals surface area contributed by atoms with E-state index < -0.39 is 5.54 Å². The molecule has 0 aromatic rings. The van der Waals surface area contributed by atoms with Crippen LogP contribution in [-0.2, 0) is 14.3 Å². The van der Waals surface area contributed by atoms with Crippen LogP contribution in [0.3, 0.4) is 0 Å². The lowest BCUT2D eigenvalue weighted by Gasteiger charge is -2.37. The molecular weight excluding hydrogens is 242 g/mol. The Hall–Kier alpha value is -0.610. The Kier molecular flexibility index (Phi) is 5.81. The molecule has 0 aliphatic heterocycles. The average molecular weight is 271 g/mol. The first-order chi connectivity index (χ1) is 8.83. The van der Waals surface area contributed by atoms with Crippen LogP contribution >= 0.6 is 0 Å². The molecule has 0 saturated heterocycles. The van der Waals surface area contributed by atoms with Gasteiger partial charge in [-0.1, -0.05) is 12.8 Å². The topological polar surface area (TPSA) is 47.6 Å². The van der Waals surface area contributed by atoms with Crippen LogP contribution in [0.4, 0.5) is 0 Å². The van der Waals surface area contributed by atoms with Crippen LogP contribution in [0.2, 0.25) is 0 Å². The zero-order chi connectivity index (χ0) is 14.5. The van der Waals surface area contributed by atoms with E-state index in [4.69, 9.17) is 9.47 Å². The predicted molar refractivity (Wildman–Crippen MR) is 76.1 cm³/mol. The summed E-state index contributed by atoms with van der Waals surface area (Å²) in [5.74, 6) is -0.174. The van der Waals surface area contributed by atoms with E-state index in [0.717, 1.165) is 12.8 Å². The summed E-state index contributed by atoms with van der Waals surface area (Å²) in [4.78, 5) is 12.3. The molecule has 0 bridgehead atoms. The van der Waals surface area contributed by atoms with Crippen molar-refractivity contribution in [1.82, 2.24) is 5.32 Å². The summed E-state index contributed by atoms with van der Waals surface area (Å²) >= 11 is 0. The van der Waals surface area contributed by atoms with Crippen molar-refractivity contribution in [3.8, 4) is 0 Å². The minimum absolute atomic E-state index is 0.174. The summed E-state index contributed by atoms with van der Waals surface area (Å²) in [6.07, 6.45) is 5.37. The van der Waals surface area contributed by atoms with E-state index >= 15 is 0 Å². The van der Waals surface area contributed by atoms with Crippen molar-refractivity contribution >= 4 is 5.97 Å². The first kappa shape index (κ1) is 16.4. The molecule has 112 valence electrons. The van der Waals surface area contributed by atoms with Crippen LogP contribution in [-0.4, -0.2) is 36.9 Å². The Morgan fingerprint density at radius 3 is 2.32 bits per heavy atom. The van der Waals surface area contributed by atoms with Crippen molar-refractivity contribution < 1.29 is 14.3 Å². The predicted octanol–water partition coefficient (Wildman–Crippen LogP) is 2.66. The molecule has 1 N–H and O–H groups in total. The van der Waals surface area contributed by atoms with Gasteiger partial charge in [0.05, 0.1) is 12.2 Å². The van der Waals surface area contributed by atoms with E-state index in [1.165, 1.54) is 12.8 Å². The number of carbonyl (C=O) groups is 1. The molecule has 1 unspecified atom stereocenters. The van der Waals surface area contributed by atoms with E-state index in [-0.39, 0.29) is 11.6 Å². The molecule has 0 aromatic heterocycles. The zero-order valence-electron chi connectivity index (χ0n) is 13.0. The SMILES string of the molecule is CCOC(=O)C(C)(CC(C)(C)OC)NC1CCCC1. The van der Waals surface area contributed by atoms with Gasteiger partial charge in [-0.2, -0.15) is 0 Å². The van der Waals surface area contributed by atoms with Crippen molar-refractivity contribution in [1.29, 1.82) is 0 Å². The Bertz CT molecular complexity index is 298. The highest BCUT2D eigenvalue weighted by molar-refractivity contribution is 5.80. The molecule has 0 radical (unpaired) electrons. The van der Waals surface area contributed by atoms with Gasteiger partial charge in [0.15, 0.2) is 0 Å². The quantitative estimate of drug-likeness (QED) is 0.723. The second kappa shape index (κ2) is 6.71. The van der Waals surface area contributed by atoms with Crippen molar-refractivity contribution in [2.24, 2.45) is 0 Å². The summed E-state index contributed by atoms with van der Waals surface area (Å²) < 4.78 is 10.7. The van der Waals surface area contributed by atoms with Crippen molar-refractivity contribution in [2.75, 3.05) is 13.7 Å². The van der Waals surface area contributed by atoms with E-state index in [0.29, 0.717) is 19.1 Å². The molecule has 0 spiro atoms. The maximum Gasteiger partial charge on any atom is 0.326 e. The number of carbonyl (C=O) groups excluding carboxylic acids is 1. The van der Waals surface area contributed by atoms with Crippen LogP contribution in [0.1, 0.15) is 59.8 Å². The van der Waals surface area contributed by atoms with Gasteiger partial charge in [0.1, 0.15) is 5.54 Å². The monoisotopic (exact) mass is 271 g/mol. The van der Waals surface area contributed by atoms with Gasteiger partial charge in [-0.15, -0.1) is 0 Å². The van der Waals surface area contributed by atoms with Crippen LogP contribution in [0.25, 0.3) is 0 Å². The first-order valence-electron chi connectivity index (χ1n) is 7.33. The first-order valence-corrected chi connectivity index (χ1v) is 7.33.